The highest BCUT2D eigenvalue weighted by Gasteiger charge is 2.51. The van der Waals surface area contributed by atoms with Crippen LogP contribution in [0.2, 0.25) is 0 Å². The number of aromatic nitrogens is 3. The average Bonchev–Trinajstić information content (AvgIpc) is 3.31. The molecule has 1 amide bonds. The van der Waals surface area contributed by atoms with Crippen LogP contribution in [0.4, 0.5) is 10.2 Å². The minimum absolute atomic E-state index is 0.0749. The summed E-state index contributed by atoms with van der Waals surface area (Å²) in [6, 6.07) is 12.9. The van der Waals surface area contributed by atoms with Gasteiger partial charge < -0.3 is 5.32 Å². The van der Waals surface area contributed by atoms with Gasteiger partial charge in [-0.1, -0.05) is 30.3 Å². The molecule has 120 valence electrons. The molecule has 1 fully saturated rings. The van der Waals surface area contributed by atoms with Crippen LogP contribution in [0.25, 0.3) is 5.69 Å². The molecule has 1 aliphatic carbocycles. The number of nitrogens with zero attached hydrogens (tertiary/aromatic N) is 3. The topological polar surface area (TPSA) is 59.8 Å². The van der Waals surface area contributed by atoms with Crippen molar-refractivity contribution in [2.24, 2.45) is 0 Å². The van der Waals surface area contributed by atoms with Gasteiger partial charge in [0.05, 0.1) is 11.6 Å². The van der Waals surface area contributed by atoms with Crippen molar-refractivity contribution in [1.82, 2.24) is 14.8 Å². The number of anilines is 1. The molecule has 1 aromatic carbocycles. The first-order chi connectivity index (χ1) is 11.7. The number of pyridine rings is 1. The molecule has 1 N–H and O–H groups in total. The zero-order valence-electron chi connectivity index (χ0n) is 12.8. The fourth-order valence-electron chi connectivity index (χ4n) is 2.84. The standard InChI is InChI=1S/C18H15FN4O/c19-14-12-20-10-6-15(14)23-11-7-16(22-23)21-17(24)18(8-9-18)13-4-2-1-3-5-13/h1-7,10-12H,8-9H2,(H,21,22,24). The van der Waals surface area contributed by atoms with Crippen molar-refractivity contribution in [2.75, 3.05) is 5.32 Å². The molecule has 4 rings (SSSR count). The number of benzene rings is 1. The molecular weight excluding hydrogens is 307 g/mol. The highest BCUT2D eigenvalue weighted by atomic mass is 19.1. The summed E-state index contributed by atoms with van der Waals surface area (Å²) in [7, 11) is 0. The van der Waals surface area contributed by atoms with E-state index in [-0.39, 0.29) is 11.6 Å². The van der Waals surface area contributed by atoms with Crippen LogP contribution in [0.3, 0.4) is 0 Å². The molecular formula is C18H15FN4O. The monoisotopic (exact) mass is 322 g/mol. The van der Waals surface area contributed by atoms with Crippen molar-refractivity contribution in [2.45, 2.75) is 18.3 Å². The molecule has 1 saturated carbocycles. The van der Waals surface area contributed by atoms with Crippen LogP contribution in [-0.2, 0) is 10.2 Å². The van der Waals surface area contributed by atoms with Gasteiger partial charge in [0.15, 0.2) is 11.6 Å². The van der Waals surface area contributed by atoms with Gasteiger partial charge in [0.2, 0.25) is 5.91 Å². The van der Waals surface area contributed by atoms with Crippen molar-refractivity contribution < 1.29 is 9.18 Å². The number of rotatable bonds is 4. The third-order valence-corrected chi connectivity index (χ3v) is 4.34. The number of carbonyl (C=O) groups is 1. The Hall–Kier alpha value is -3.02. The van der Waals surface area contributed by atoms with E-state index in [2.05, 4.69) is 15.4 Å². The van der Waals surface area contributed by atoms with E-state index in [1.54, 1.807) is 12.3 Å². The van der Waals surface area contributed by atoms with E-state index in [9.17, 15) is 9.18 Å². The van der Waals surface area contributed by atoms with Gasteiger partial charge in [-0.25, -0.2) is 9.07 Å². The second kappa shape index (κ2) is 5.56. The van der Waals surface area contributed by atoms with E-state index in [1.165, 1.54) is 16.9 Å². The van der Waals surface area contributed by atoms with Gasteiger partial charge in [0, 0.05) is 18.5 Å². The molecule has 1 aliphatic rings. The summed E-state index contributed by atoms with van der Waals surface area (Å²) in [5.74, 6) is -0.144. The lowest BCUT2D eigenvalue weighted by Crippen LogP contribution is -2.28. The van der Waals surface area contributed by atoms with E-state index in [0.29, 0.717) is 5.82 Å². The maximum absolute atomic E-state index is 13.8. The lowest BCUT2D eigenvalue weighted by atomic mass is 9.95. The number of nitrogens with one attached hydrogen (secondary N) is 1. The summed E-state index contributed by atoms with van der Waals surface area (Å²) in [5.41, 5.74) is 0.837. The molecule has 5 nitrogen and oxygen atoms in total. The van der Waals surface area contributed by atoms with E-state index < -0.39 is 11.2 Å². The molecule has 0 unspecified atom stereocenters. The summed E-state index contributed by atoms with van der Waals surface area (Å²) in [4.78, 5) is 16.4. The van der Waals surface area contributed by atoms with E-state index in [0.717, 1.165) is 24.6 Å². The summed E-state index contributed by atoms with van der Waals surface area (Å²) in [5, 5.41) is 7.08. The first-order valence-corrected chi connectivity index (χ1v) is 7.72. The predicted octanol–water partition coefficient (Wildman–Crippen LogP) is 3.08. The Morgan fingerprint density at radius 3 is 2.67 bits per heavy atom. The van der Waals surface area contributed by atoms with Crippen molar-refractivity contribution in [1.29, 1.82) is 0 Å². The van der Waals surface area contributed by atoms with E-state index in [1.807, 2.05) is 30.3 Å². The van der Waals surface area contributed by atoms with Crippen LogP contribution in [0.5, 0.6) is 0 Å². The minimum atomic E-state index is -0.471. The van der Waals surface area contributed by atoms with Gasteiger partial charge >= 0.3 is 0 Å². The molecule has 0 aliphatic heterocycles. The van der Waals surface area contributed by atoms with Crippen molar-refractivity contribution in [3.8, 4) is 5.69 Å². The largest absolute Gasteiger partial charge is 0.308 e. The van der Waals surface area contributed by atoms with Crippen molar-refractivity contribution in [3.63, 3.8) is 0 Å². The van der Waals surface area contributed by atoms with E-state index in [4.69, 9.17) is 0 Å². The third kappa shape index (κ3) is 2.46. The van der Waals surface area contributed by atoms with Gasteiger partial charge in [-0.3, -0.25) is 9.78 Å². The zero-order chi connectivity index (χ0) is 16.6. The van der Waals surface area contributed by atoms with E-state index >= 15 is 0 Å². The molecule has 0 radical (unpaired) electrons. The maximum Gasteiger partial charge on any atom is 0.236 e. The van der Waals surface area contributed by atoms with Crippen LogP contribution in [0.15, 0.2) is 61.1 Å². The van der Waals surface area contributed by atoms with Crippen LogP contribution in [-0.4, -0.2) is 20.7 Å². The number of amides is 1. The van der Waals surface area contributed by atoms with Gasteiger partial charge in [-0.05, 0) is 24.5 Å². The molecule has 0 spiro atoms. The lowest BCUT2D eigenvalue weighted by Gasteiger charge is -2.14. The summed E-state index contributed by atoms with van der Waals surface area (Å²) in [6.45, 7) is 0. The highest BCUT2D eigenvalue weighted by Crippen LogP contribution is 2.48. The molecule has 2 heterocycles. The number of hydrogen-bond donors (Lipinski definition) is 1. The SMILES string of the molecule is O=C(Nc1ccn(-c2ccncc2F)n1)C1(c2ccccc2)CC1. The Bertz CT molecular complexity index is 887. The third-order valence-electron chi connectivity index (χ3n) is 4.34. The maximum atomic E-state index is 13.8. The molecule has 6 heteroatoms. The lowest BCUT2D eigenvalue weighted by molar-refractivity contribution is -0.118. The Morgan fingerprint density at radius 2 is 1.96 bits per heavy atom. The Kier molecular flexibility index (Phi) is 3.37. The summed E-state index contributed by atoms with van der Waals surface area (Å²) >= 11 is 0. The van der Waals surface area contributed by atoms with Gasteiger partial charge in [0.25, 0.3) is 0 Å². The fourth-order valence-corrected chi connectivity index (χ4v) is 2.84. The average molecular weight is 322 g/mol. The summed E-state index contributed by atoms with van der Waals surface area (Å²) in [6.07, 6.45) is 5.87. The fraction of sp³-hybridized carbons (Fsp3) is 0.167. The second-order valence-electron chi connectivity index (χ2n) is 5.87. The molecule has 2 aromatic heterocycles. The quantitative estimate of drug-likeness (QED) is 0.803. The number of hydrogen-bond acceptors (Lipinski definition) is 3. The minimum Gasteiger partial charge on any atom is -0.308 e. The van der Waals surface area contributed by atoms with Crippen molar-refractivity contribution in [3.05, 3.63) is 72.4 Å². The smallest absolute Gasteiger partial charge is 0.236 e. The summed E-state index contributed by atoms with van der Waals surface area (Å²) < 4.78 is 15.1. The number of carbonyl (C=O) groups excluding carboxylic acids is 1. The van der Waals surface area contributed by atoms with Gasteiger partial charge in [0.1, 0.15) is 5.69 Å². The second-order valence-corrected chi connectivity index (χ2v) is 5.87. The van der Waals surface area contributed by atoms with Gasteiger partial charge in [-0.15, -0.1) is 5.10 Å². The molecule has 0 saturated heterocycles. The first kappa shape index (κ1) is 14.6. The molecule has 0 bridgehead atoms. The Balaban J connectivity index is 1.55. The highest BCUT2D eigenvalue weighted by molar-refractivity contribution is 6.00. The van der Waals surface area contributed by atoms with Crippen LogP contribution in [0.1, 0.15) is 18.4 Å². The van der Waals surface area contributed by atoms with Gasteiger partial charge in [-0.2, -0.15) is 0 Å². The Labute approximate surface area is 138 Å². The normalized spacial score (nSPS) is 15.0. The Morgan fingerprint density at radius 1 is 1.17 bits per heavy atom. The first-order valence-electron chi connectivity index (χ1n) is 7.72. The molecule has 0 atom stereocenters. The van der Waals surface area contributed by atoms with Crippen LogP contribution in [0, 0.1) is 5.82 Å². The van der Waals surface area contributed by atoms with Crippen LogP contribution >= 0.6 is 0 Å². The predicted molar refractivity (Wildman–Crippen MR) is 87.3 cm³/mol. The van der Waals surface area contributed by atoms with Crippen molar-refractivity contribution >= 4 is 11.7 Å². The number of halogens is 1. The molecule has 24 heavy (non-hydrogen) atoms. The zero-order valence-corrected chi connectivity index (χ0v) is 12.8. The molecule has 3 aromatic rings. The van der Waals surface area contributed by atoms with Crippen LogP contribution < -0.4 is 5.32 Å².